The maximum Gasteiger partial charge on any atom is 0.00159 e. The van der Waals surface area contributed by atoms with E-state index in [-0.39, 0.29) is 0 Å². The van der Waals surface area contributed by atoms with Gasteiger partial charge in [-0.25, -0.2) is 0 Å². The molecular weight excluding hydrogens is 122 g/mol. The molecule has 0 spiro atoms. The summed E-state index contributed by atoms with van der Waals surface area (Å²) in [5.74, 6) is 0.921. The van der Waals surface area contributed by atoms with Gasteiger partial charge in [0.05, 0.1) is 0 Å². The van der Waals surface area contributed by atoms with Crippen molar-refractivity contribution < 1.29 is 0 Å². The monoisotopic (exact) mass is 139 g/mol. The van der Waals surface area contributed by atoms with Crippen LogP contribution in [0.1, 0.15) is 19.8 Å². The van der Waals surface area contributed by atoms with Gasteiger partial charge in [0, 0.05) is 13.1 Å². The number of hydrogen-bond donors (Lipinski definition) is 0. The summed E-state index contributed by atoms with van der Waals surface area (Å²) >= 11 is 0. The van der Waals surface area contributed by atoms with Crippen LogP contribution in [0.4, 0.5) is 0 Å². The molecule has 1 heteroatoms. The molecule has 58 valence electrons. The molecule has 1 rings (SSSR count). The summed E-state index contributed by atoms with van der Waals surface area (Å²) in [6.07, 6.45) is 4.53. The zero-order valence-electron chi connectivity index (χ0n) is 6.84. The van der Waals surface area contributed by atoms with Gasteiger partial charge in [-0.05, 0) is 25.3 Å². The first-order chi connectivity index (χ1) is 4.83. The molecular formula is C9H17N. The molecule has 1 unspecified atom stereocenters. The Hall–Kier alpha value is -0.300. The molecule has 0 aromatic carbocycles. The van der Waals surface area contributed by atoms with E-state index in [0.717, 1.165) is 12.3 Å². The SMILES string of the molecule is C=CCCN1CCC(C)C1. The fraction of sp³-hybridized carbons (Fsp3) is 0.778. The maximum atomic E-state index is 3.71. The van der Waals surface area contributed by atoms with Crippen LogP contribution in [0.3, 0.4) is 0 Å². The number of nitrogens with zero attached hydrogens (tertiary/aromatic N) is 1. The molecule has 0 radical (unpaired) electrons. The lowest BCUT2D eigenvalue weighted by Gasteiger charge is -2.12. The quantitative estimate of drug-likeness (QED) is 0.540. The Morgan fingerprint density at radius 1 is 1.70 bits per heavy atom. The minimum atomic E-state index is 0.921. The molecule has 0 saturated carbocycles. The van der Waals surface area contributed by atoms with Crippen molar-refractivity contribution in [1.82, 2.24) is 4.90 Å². The summed E-state index contributed by atoms with van der Waals surface area (Å²) in [7, 11) is 0. The molecule has 1 atom stereocenters. The van der Waals surface area contributed by atoms with Gasteiger partial charge in [-0.3, -0.25) is 0 Å². The van der Waals surface area contributed by atoms with E-state index < -0.39 is 0 Å². The van der Waals surface area contributed by atoms with Gasteiger partial charge in [0.15, 0.2) is 0 Å². The second-order valence-electron chi connectivity index (χ2n) is 3.27. The lowest BCUT2D eigenvalue weighted by molar-refractivity contribution is 0.335. The van der Waals surface area contributed by atoms with E-state index in [4.69, 9.17) is 0 Å². The van der Waals surface area contributed by atoms with Crippen LogP contribution < -0.4 is 0 Å². The van der Waals surface area contributed by atoms with Gasteiger partial charge in [0.2, 0.25) is 0 Å². The predicted octanol–water partition coefficient (Wildman–Crippen LogP) is 1.90. The van der Waals surface area contributed by atoms with Gasteiger partial charge >= 0.3 is 0 Å². The Kier molecular flexibility index (Phi) is 2.94. The van der Waals surface area contributed by atoms with E-state index in [0.29, 0.717) is 0 Å². The standard InChI is InChI=1S/C9H17N/c1-3-4-6-10-7-5-9(2)8-10/h3,9H,1,4-8H2,2H3. The van der Waals surface area contributed by atoms with Crippen molar-refractivity contribution in [2.75, 3.05) is 19.6 Å². The first-order valence-electron chi connectivity index (χ1n) is 4.16. The largest absolute Gasteiger partial charge is 0.303 e. The van der Waals surface area contributed by atoms with Crippen LogP contribution in [-0.2, 0) is 0 Å². The number of rotatable bonds is 3. The van der Waals surface area contributed by atoms with E-state index in [2.05, 4.69) is 18.4 Å². The zero-order chi connectivity index (χ0) is 7.40. The van der Waals surface area contributed by atoms with Gasteiger partial charge < -0.3 is 4.90 Å². The summed E-state index contributed by atoms with van der Waals surface area (Å²) in [5.41, 5.74) is 0. The molecule has 0 aliphatic carbocycles. The van der Waals surface area contributed by atoms with Crippen molar-refractivity contribution >= 4 is 0 Å². The van der Waals surface area contributed by atoms with Crippen molar-refractivity contribution in [3.63, 3.8) is 0 Å². The molecule has 0 aromatic heterocycles. The van der Waals surface area contributed by atoms with Crippen LogP contribution in [0, 0.1) is 5.92 Å². The highest BCUT2D eigenvalue weighted by Gasteiger charge is 2.16. The van der Waals surface area contributed by atoms with Crippen LogP contribution >= 0.6 is 0 Å². The Morgan fingerprint density at radius 3 is 3.00 bits per heavy atom. The van der Waals surface area contributed by atoms with Crippen LogP contribution in [0.25, 0.3) is 0 Å². The Balaban J connectivity index is 2.12. The highest BCUT2D eigenvalue weighted by molar-refractivity contribution is 4.75. The molecule has 1 aliphatic rings. The van der Waals surface area contributed by atoms with Gasteiger partial charge in [0.1, 0.15) is 0 Å². The van der Waals surface area contributed by atoms with Gasteiger partial charge in [-0.1, -0.05) is 13.0 Å². The fourth-order valence-corrected chi connectivity index (χ4v) is 1.50. The summed E-state index contributed by atoms with van der Waals surface area (Å²) in [6, 6.07) is 0. The number of hydrogen-bond acceptors (Lipinski definition) is 1. The second-order valence-corrected chi connectivity index (χ2v) is 3.27. The molecule has 1 heterocycles. The van der Waals surface area contributed by atoms with Crippen LogP contribution in [0.5, 0.6) is 0 Å². The van der Waals surface area contributed by atoms with Crippen molar-refractivity contribution in [2.45, 2.75) is 19.8 Å². The smallest absolute Gasteiger partial charge is 0.00159 e. The van der Waals surface area contributed by atoms with Gasteiger partial charge in [-0.15, -0.1) is 6.58 Å². The highest BCUT2D eigenvalue weighted by Crippen LogP contribution is 2.14. The van der Waals surface area contributed by atoms with E-state index in [1.807, 2.05) is 6.08 Å². The molecule has 0 N–H and O–H groups in total. The lowest BCUT2D eigenvalue weighted by atomic mass is 10.2. The maximum absolute atomic E-state index is 3.71. The van der Waals surface area contributed by atoms with Crippen molar-refractivity contribution in [2.24, 2.45) is 5.92 Å². The third kappa shape index (κ3) is 2.14. The molecule has 0 amide bonds. The van der Waals surface area contributed by atoms with Crippen molar-refractivity contribution in [3.8, 4) is 0 Å². The first-order valence-corrected chi connectivity index (χ1v) is 4.16. The molecule has 0 bridgehead atoms. The van der Waals surface area contributed by atoms with Crippen LogP contribution in [-0.4, -0.2) is 24.5 Å². The molecule has 1 saturated heterocycles. The van der Waals surface area contributed by atoms with E-state index >= 15 is 0 Å². The number of likely N-dealkylation sites (tertiary alicyclic amines) is 1. The van der Waals surface area contributed by atoms with Gasteiger partial charge in [0.25, 0.3) is 0 Å². The predicted molar refractivity (Wildman–Crippen MR) is 45.0 cm³/mol. The normalized spacial score (nSPS) is 27.1. The van der Waals surface area contributed by atoms with E-state index in [1.165, 1.54) is 26.1 Å². The highest BCUT2D eigenvalue weighted by atomic mass is 15.1. The first kappa shape index (κ1) is 7.80. The third-order valence-electron chi connectivity index (χ3n) is 2.16. The summed E-state index contributed by atoms with van der Waals surface area (Å²) in [5, 5.41) is 0. The Bertz CT molecular complexity index is 109. The molecule has 0 aromatic rings. The zero-order valence-corrected chi connectivity index (χ0v) is 6.84. The minimum Gasteiger partial charge on any atom is -0.303 e. The summed E-state index contributed by atoms with van der Waals surface area (Å²) in [6.45, 7) is 9.86. The summed E-state index contributed by atoms with van der Waals surface area (Å²) < 4.78 is 0. The van der Waals surface area contributed by atoms with Crippen molar-refractivity contribution in [1.29, 1.82) is 0 Å². The van der Waals surface area contributed by atoms with Crippen LogP contribution in [0.2, 0.25) is 0 Å². The lowest BCUT2D eigenvalue weighted by Crippen LogP contribution is -2.20. The van der Waals surface area contributed by atoms with E-state index in [9.17, 15) is 0 Å². The average Bonchev–Trinajstić information content (AvgIpc) is 2.31. The fourth-order valence-electron chi connectivity index (χ4n) is 1.50. The van der Waals surface area contributed by atoms with Gasteiger partial charge in [-0.2, -0.15) is 0 Å². The molecule has 1 nitrogen and oxygen atoms in total. The third-order valence-corrected chi connectivity index (χ3v) is 2.16. The molecule has 10 heavy (non-hydrogen) atoms. The minimum absolute atomic E-state index is 0.921. The van der Waals surface area contributed by atoms with Crippen LogP contribution in [0.15, 0.2) is 12.7 Å². The average molecular weight is 139 g/mol. The summed E-state index contributed by atoms with van der Waals surface area (Å²) in [4.78, 5) is 2.52. The Labute approximate surface area is 63.7 Å². The molecule has 1 fully saturated rings. The molecule has 1 aliphatic heterocycles. The van der Waals surface area contributed by atoms with E-state index in [1.54, 1.807) is 0 Å². The van der Waals surface area contributed by atoms with Crippen molar-refractivity contribution in [3.05, 3.63) is 12.7 Å². The Morgan fingerprint density at radius 2 is 2.50 bits per heavy atom. The topological polar surface area (TPSA) is 3.24 Å². The second kappa shape index (κ2) is 3.77.